The van der Waals surface area contributed by atoms with Crippen LogP contribution in [0.1, 0.15) is 53.8 Å². The molecule has 3 atom stereocenters. The Balaban J connectivity index is 1.47. The van der Waals surface area contributed by atoms with Crippen LogP contribution in [0.5, 0.6) is 5.75 Å². The number of anilines is 1. The van der Waals surface area contributed by atoms with Gasteiger partial charge in [-0.2, -0.15) is 0 Å². The third-order valence-corrected chi connectivity index (χ3v) is 7.35. The Labute approximate surface area is 223 Å². The van der Waals surface area contributed by atoms with Gasteiger partial charge < -0.3 is 25.1 Å². The molecule has 0 spiro atoms. The second kappa shape index (κ2) is 11.2. The minimum atomic E-state index is -0.763. The number of phenolic OH excluding ortho intramolecular Hbond substituents is 1. The van der Waals surface area contributed by atoms with Crippen molar-refractivity contribution in [1.29, 1.82) is 0 Å². The molecule has 0 aromatic heterocycles. The third-order valence-electron chi connectivity index (χ3n) is 7.35. The van der Waals surface area contributed by atoms with Gasteiger partial charge in [0.1, 0.15) is 11.8 Å². The molecule has 0 radical (unpaired) electrons. The van der Waals surface area contributed by atoms with Crippen molar-refractivity contribution >= 4 is 29.2 Å². The molecule has 202 valence electrons. The maximum absolute atomic E-state index is 13.7. The van der Waals surface area contributed by atoms with Gasteiger partial charge in [0.15, 0.2) is 5.78 Å². The van der Waals surface area contributed by atoms with Gasteiger partial charge in [-0.25, -0.2) is 0 Å². The Morgan fingerprint density at radius 1 is 1.05 bits per heavy atom. The minimum absolute atomic E-state index is 0.119. The normalized spacial score (nSPS) is 19.8. The van der Waals surface area contributed by atoms with E-state index in [0.29, 0.717) is 31.4 Å². The first-order valence-electron chi connectivity index (χ1n) is 13.1. The van der Waals surface area contributed by atoms with Crippen molar-refractivity contribution in [2.45, 2.75) is 51.2 Å². The Morgan fingerprint density at radius 3 is 2.37 bits per heavy atom. The maximum Gasteiger partial charge on any atom is 0.258 e. The molecule has 3 amide bonds. The number of phenols is 1. The maximum atomic E-state index is 13.7. The van der Waals surface area contributed by atoms with E-state index < -0.39 is 12.1 Å². The number of piperidine rings is 2. The predicted molar refractivity (Wildman–Crippen MR) is 144 cm³/mol. The van der Waals surface area contributed by atoms with Crippen molar-refractivity contribution in [3.05, 3.63) is 59.7 Å². The fraction of sp³-hybridized carbons (Fsp3) is 0.448. The van der Waals surface area contributed by atoms with Gasteiger partial charge in [0.05, 0.1) is 18.2 Å². The number of benzene rings is 2. The first-order chi connectivity index (χ1) is 18.1. The molecule has 2 bridgehead atoms. The monoisotopic (exact) mass is 520 g/mol. The summed E-state index contributed by atoms with van der Waals surface area (Å²) in [6, 6.07) is 11.8. The van der Waals surface area contributed by atoms with Gasteiger partial charge in [-0.3, -0.25) is 19.2 Å². The number of nitrogens with one attached hydrogen (secondary N) is 1. The van der Waals surface area contributed by atoms with Gasteiger partial charge in [-0.05, 0) is 61.6 Å². The lowest BCUT2D eigenvalue weighted by atomic mass is 9.87. The number of carbonyl (C=O) groups is 4. The Bertz CT molecular complexity index is 1210. The molecular formula is C29H36N4O5. The summed E-state index contributed by atoms with van der Waals surface area (Å²) < 4.78 is 0. The molecule has 2 aromatic rings. The third kappa shape index (κ3) is 5.66. The predicted octanol–water partition coefficient (Wildman–Crippen LogP) is 2.69. The average molecular weight is 521 g/mol. The lowest BCUT2D eigenvalue weighted by molar-refractivity contribution is -0.147. The number of amides is 3. The molecule has 2 aromatic carbocycles. The quantitative estimate of drug-likeness (QED) is 0.581. The smallest absolute Gasteiger partial charge is 0.258 e. The summed E-state index contributed by atoms with van der Waals surface area (Å²) in [5.74, 6) is -1.18. The second-order valence-corrected chi connectivity index (χ2v) is 10.7. The zero-order valence-corrected chi connectivity index (χ0v) is 22.4. The van der Waals surface area contributed by atoms with Gasteiger partial charge in [0.25, 0.3) is 11.8 Å². The molecular weight excluding hydrogens is 484 g/mol. The van der Waals surface area contributed by atoms with Crippen molar-refractivity contribution < 1.29 is 24.3 Å². The molecule has 2 saturated heterocycles. The van der Waals surface area contributed by atoms with Crippen LogP contribution in [0.15, 0.2) is 48.5 Å². The molecule has 2 aliphatic rings. The number of hydrogen-bond acceptors (Lipinski definition) is 6. The second-order valence-electron chi connectivity index (χ2n) is 10.7. The van der Waals surface area contributed by atoms with Crippen LogP contribution in [-0.4, -0.2) is 83.7 Å². The standard InChI is InChI=1S/C29H36N4O5/c1-18(2)15-23(30-27(36)19-9-11-20(12-10-19)31(3)4)29(38)32-14-13-21-16-24(32)26(35)17-33(21)28(37)22-7-5-6-8-25(22)34/h5-12,18,21,23-24,34H,13-17H2,1-4H3,(H,30,36)/t21-,23+,24?/m1/s1. The summed E-state index contributed by atoms with van der Waals surface area (Å²) in [6.07, 6.45) is 1.31. The van der Waals surface area contributed by atoms with Crippen LogP contribution in [-0.2, 0) is 9.59 Å². The molecule has 9 heteroatoms. The minimum Gasteiger partial charge on any atom is -0.507 e. The van der Waals surface area contributed by atoms with Crippen molar-refractivity contribution in [2.75, 3.05) is 32.1 Å². The van der Waals surface area contributed by atoms with Gasteiger partial charge in [-0.15, -0.1) is 0 Å². The average Bonchev–Trinajstić information content (AvgIpc) is 2.89. The number of aromatic hydroxyl groups is 1. The molecule has 1 unspecified atom stereocenters. The SMILES string of the molecule is CC(C)C[C@H](NC(=O)c1ccc(N(C)C)cc1)C(=O)N1CC[C@@H]2CC1C(=O)CN2C(=O)c1ccccc1O. The van der Waals surface area contributed by atoms with Gasteiger partial charge in [0, 0.05) is 37.9 Å². The Morgan fingerprint density at radius 2 is 1.74 bits per heavy atom. The molecule has 2 aliphatic heterocycles. The van der Waals surface area contributed by atoms with E-state index in [0.717, 1.165) is 5.69 Å². The van der Waals surface area contributed by atoms with E-state index in [4.69, 9.17) is 0 Å². The Kier molecular flexibility index (Phi) is 8.04. The first kappa shape index (κ1) is 27.2. The van der Waals surface area contributed by atoms with E-state index in [1.165, 1.54) is 11.0 Å². The van der Waals surface area contributed by atoms with Crippen LogP contribution in [0.25, 0.3) is 0 Å². The highest BCUT2D eigenvalue weighted by Crippen LogP contribution is 2.31. The number of likely N-dealkylation sites (tertiary alicyclic amines) is 2. The summed E-state index contributed by atoms with van der Waals surface area (Å²) in [5.41, 5.74) is 1.59. The fourth-order valence-corrected chi connectivity index (χ4v) is 5.29. The van der Waals surface area contributed by atoms with Crippen LogP contribution >= 0.6 is 0 Å². The van der Waals surface area contributed by atoms with Crippen LogP contribution in [0.4, 0.5) is 5.69 Å². The summed E-state index contributed by atoms with van der Waals surface area (Å²) in [4.78, 5) is 58.1. The topological polar surface area (TPSA) is 110 Å². The van der Waals surface area contributed by atoms with E-state index in [-0.39, 0.29) is 53.3 Å². The number of carbonyl (C=O) groups excluding carboxylic acids is 4. The zero-order valence-electron chi connectivity index (χ0n) is 22.4. The summed E-state index contributed by atoms with van der Waals surface area (Å²) in [6.45, 7) is 4.16. The lowest BCUT2D eigenvalue weighted by Gasteiger charge is -2.48. The Hall–Kier alpha value is -3.88. The lowest BCUT2D eigenvalue weighted by Crippen LogP contribution is -2.65. The number of rotatable bonds is 7. The molecule has 4 rings (SSSR count). The number of hydrogen-bond donors (Lipinski definition) is 2. The van der Waals surface area contributed by atoms with Crippen molar-refractivity contribution in [1.82, 2.24) is 15.1 Å². The van der Waals surface area contributed by atoms with Gasteiger partial charge in [-0.1, -0.05) is 26.0 Å². The summed E-state index contributed by atoms with van der Waals surface area (Å²) >= 11 is 0. The molecule has 2 heterocycles. The van der Waals surface area contributed by atoms with Crippen LogP contribution in [0.3, 0.4) is 0 Å². The highest BCUT2D eigenvalue weighted by molar-refractivity contribution is 6.02. The van der Waals surface area contributed by atoms with Crippen LogP contribution in [0, 0.1) is 5.92 Å². The number of para-hydroxylation sites is 1. The summed E-state index contributed by atoms with van der Waals surface area (Å²) in [7, 11) is 3.84. The molecule has 2 N–H and O–H groups in total. The first-order valence-corrected chi connectivity index (χ1v) is 13.1. The molecule has 9 nitrogen and oxygen atoms in total. The van der Waals surface area contributed by atoms with Gasteiger partial charge in [0.2, 0.25) is 5.91 Å². The summed E-state index contributed by atoms with van der Waals surface area (Å²) in [5, 5.41) is 13.0. The molecule has 38 heavy (non-hydrogen) atoms. The number of nitrogens with zero attached hydrogens (tertiary/aromatic N) is 3. The van der Waals surface area contributed by atoms with E-state index in [9.17, 15) is 24.3 Å². The molecule has 0 saturated carbocycles. The van der Waals surface area contributed by atoms with Crippen molar-refractivity contribution in [2.24, 2.45) is 5.92 Å². The number of fused-ring (bicyclic) bond motifs is 2. The van der Waals surface area contributed by atoms with E-state index >= 15 is 0 Å². The zero-order chi connectivity index (χ0) is 27.6. The van der Waals surface area contributed by atoms with Gasteiger partial charge >= 0.3 is 0 Å². The van der Waals surface area contributed by atoms with Crippen molar-refractivity contribution in [3.63, 3.8) is 0 Å². The van der Waals surface area contributed by atoms with Crippen LogP contribution in [0.2, 0.25) is 0 Å². The fourth-order valence-electron chi connectivity index (χ4n) is 5.29. The van der Waals surface area contributed by atoms with Crippen molar-refractivity contribution in [3.8, 4) is 5.75 Å². The largest absolute Gasteiger partial charge is 0.507 e. The molecule has 0 aliphatic carbocycles. The van der Waals surface area contributed by atoms with E-state index in [1.807, 2.05) is 45.0 Å². The number of ketones is 1. The number of Topliss-reactive ketones (excluding diaryl/α,β-unsaturated/α-hetero) is 1. The van der Waals surface area contributed by atoms with E-state index in [2.05, 4.69) is 5.32 Å². The highest BCUT2D eigenvalue weighted by Gasteiger charge is 2.46. The highest BCUT2D eigenvalue weighted by atomic mass is 16.3. The molecule has 2 fully saturated rings. The van der Waals surface area contributed by atoms with E-state index in [1.54, 1.807) is 35.2 Å². The van der Waals surface area contributed by atoms with Crippen LogP contribution < -0.4 is 10.2 Å².